The number of hydrogen-bond donors (Lipinski definition) is 1. The van der Waals surface area contributed by atoms with Crippen molar-refractivity contribution in [2.45, 2.75) is 36.6 Å². The van der Waals surface area contributed by atoms with E-state index in [0.717, 1.165) is 42.5 Å². The SMILES string of the molecule is O=S(=O)(c1ccc(Cl)cc1)N1C(=S)NC2=C(CCCC2)[C@H]1c1ccc(Cl)cc1. The first-order valence-corrected chi connectivity index (χ1v) is 11.6. The van der Waals surface area contributed by atoms with Crippen molar-refractivity contribution in [3.8, 4) is 0 Å². The minimum absolute atomic E-state index is 0.153. The Morgan fingerprint density at radius 3 is 2.14 bits per heavy atom. The summed E-state index contributed by atoms with van der Waals surface area (Å²) in [6.45, 7) is 0. The average Bonchev–Trinajstić information content (AvgIpc) is 2.68. The number of benzene rings is 2. The van der Waals surface area contributed by atoms with Crippen LogP contribution >= 0.6 is 35.4 Å². The second kappa shape index (κ2) is 7.67. The van der Waals surface area contributed by atoms with Gasteiger partial charge in [0.05, 0.1) is 10.9 Å². The molecule has 0 unspecified atom stereocenters. The third kappa shape index (κ3) is 3.54. The Hall–Kier alpha value is -1.60. The highest BCUT2D eigenvalue weighted by Crippen LogP contribution is 2.42. The summed E-state index contributed by atoms with van der Waals surface area (Å²) < 4.78 is 28.4. The van der Waals surface area contributed by atoms with E-state index in [1.807, 2.05) is 12.1 Å². The molecule has 28 heavy (non-hydrogen) atoms. The van der Waals surface area contributed by atoms with Crippen molar-refractivity contribution in [2.24, 2.45) is 0 Å². The fourth-order valence-corrected chi connectivity index (χ4v) is 6.04. The maximum absolute atomic E-state index is 13.5. The zero-order chi connectivity index (χ0) is 19.9. The summed E-state index contributed by atoms with van der Waals surface area (Å²) in [5.41, 5.74) is 2.96. The van der Waals surface area contributed by atoms with Crippen molar-refractivity contribution in [3.63, 3.8) is 0 Å². The van der Waals surface area contributed by atoms with Crippen molar-refractivity contribution in [3.05, 3.63) is 75.4 Å². The van der Waals surface area contributed by atoms with E-state index < -0.39 is 16.1 Å². The molecule has 4 rings (SSSR count). The summed E-state index contributed by atoms with van der Waals surface area (Å²) in [6.07, 6.45) is 3.77. The second-order valence-electron chi connectivity index (χ2n) is 6.85. The van der Waals surface area contributed by atoms with Crippen molar-refractivity contribution in [1.82, 2.24) is 9.62 Å². The van der Waals surface area contributed by atoms with Crippen LogP contribution in [0.1, 0.15) is 37.3 Å². The Morgan fingerprint density at radius 1 is 0.929 bits per heavy atom. The zero-order valence-corrected chi connectivity index (χ0v) is 18.0. The highest BCUT2D eigenvalue weighted by molar-refractivity contribution is 7.91. The van der Waals surface area contributed by atoms with Crippen LogP contribution in [0.15, 0.2) is 64.7 Å². The fourth-order valence-electron chi connectivity index (χ4n) is 3.77. The number of rotatable bonds is 3. The van der Waals surface area contributed by atoms with Gasteiger partial charge >= 0.3 is 0 Å². The van der Waals surface area contributed by atoms with Crippen LogP contribution in [0.3, 0.4) is 0 Å². The van der Waals surface area contributed by atoms with Gasteiger partial charge in [0.2, 0.25) is 0 Å². The molecule has 2 aliphatic rings. The summed E-state index contributed by atoms with van der Waals surface area (Å²) >= 11 is 17.5. The first-order valence-electron chi connectivity index (χ1n) is 8.96. The van der Waals surface area contributed by atoms with Gasteiger partial charge in [0.15, 0.2) is 5.11 Å². The van der Waals surface area contributed by atoms with Crippen LogP contribution < -0.4 is 5.32 Å². The van der Waals surface area contributed by atoms with E-state index in [9.17, 15) is 8.42 Å². The molecule has 1 atom stereocenters. The van der Waals surface area contributed by atoms with E-state index in [1.165, 1.54) is 16.4 Å². The molecule has 0 radical (unpaired) electrons. The summed E-state index contributed by atoms with van der Waals surface area (Å²) in [6, 6.07) is 12.9. The van der Waals surface area contributed by atoms with Gasteiger partial charge in [-0.2, -0.15) is 0 Å². The Morgan fingerprint density at radius 2 is 1.50 bits per heavy atom. The summed E-state index contributed by atoms with van der Waals surface area (Å²) in [7, 11) is -3.88. The third-order valence-corrected chi connectivity index (χ3v) is 7.79. The molecular formula is C20H18Cl2N2O2S2. The van der Waals surface area contributed by atoms with Gasteiger partial charge in [-0.25, -0.2) is 12.7 Å². The minimum Gasteiger partial charge on any atom is -0.335 e. The molecular weight excluding hydrogens is 435 g/mol. The predicted octanol–water partition coefficient (Wildman–Crippen LogP) is 5.44. The summed E-state index contributed by atoms with van der Waals surface area (Å²) in [4.78, 5) is 0.153. The van der Waals surface area contributed by atoms with Gasteiger partial charge < -0.3 is 5.32 Å². The van der Waals surface area contributed by atoms with Gasteiger partial charge in [-0.3, -0.25) is 0 Å². The van der Waals surface area contributed by atoms with E-state index in [-0.39, 0.29) is 10.0 Å². The number of nitrogens with one attached hydrogen (secondary N) is 1. The number of hydrogen-bond acceptors (Lipinski definition) is 3. The van der Waals surface area contributed by atoms with Crippen molar-refractivity contribution in [2.75, 3.05) is 0 Å². The Kier molecular flexibility index (Phi) is 5.40. The molecule has 1 aliphatic carbocycles. The molecule has 0 aromatic heterocycles. The van der Waals surface area contributed by atoms with E-state index in [4.69, 9.17) is 35.4 Å². The molecule has 2 aromatic carbocycles. The molecule has 8 heteroatoms. The second-order valence-corrected chi connectivity index (χ2v) is 9.92. The van der Waals surface area contributed by atoms with Crippen LogP contribution in [0.2, 0.25) is 10.0 Å². The van der Waals surface area contributed by atoms with Crippen molar-refractivity contribution < 1.29 is 8.42 Å². The maximum atomic E-state index is 13.5. The van der Waals surface area contributed by atoms with Gasteiger partial charge in [0, 0.05) is 15.7 Å². The van der Waals surface area contributed by atoms with Gasteiger partial charge in [-0.05, 0) is 85.4 Å². The van der Waals surface area contributed by atoms with Gasteiger partial charge in [0.1, 0.15) is 0 Å². The lowest BCUT2D eigenvalue weighted by Crippen LogP contribution is -2.50. The molecule has 0 amide bonds. The van der Waals surface area contributed by atoms with E-state index in [0.29, 0.717) is 10.0 Å². The molecule has 1 N–H and O–H groups in total. The normalized spacial score (nSPS) is 20.0. The highest BCUT2D eigenvalue weighted by atomic mass is 35.5. The molecule has 146 valence electrons. The number of sulfonamides is 1. The molecule has 0 spiro atoms. The van der Waals surface area contributed by atoms with Crippen LogP contribution in [-0.2, 0) is 10.0 Å². The lowest BCUT2D eigenvalue weighted by molar-refractivity contribution is 0.428. The number of allylic oxidation sites excluding steroid dienone is 1. The number of nitrogens with zero attached hydrogens (tertiary/aromatic N) is 1. The predicted molar refractivity (Wildman–Crippen MR) is 116 cm³/mol. The minimum atomic E-state index is -3.88. The molecule has 4 nitrogen and oxygen atoms in total. The lowest BCUT2D eigenvalue weighted by atomic mass is 9.86. The van der Waals surface area contributed by atoms with Crippen LogP contribution in [0.25, 0.3) is 0 Å². The highest BCUT2D eigenvalue weighted by Gasteiger charge is 2.41. The molecule has 2 aromatic rings. The smallest absolute Gasteiger partial charge is 0.266 e. The lowest BCUT2D eigenvalue weighted by Gasteiger charge is -2.42. The van der Waals surface area contributed by atoms with Gasteiger partial charge in [-0.1, -0.05) is 35.3 Å². The third-order valence-electron chi connectivity index (χ3n) is 5.09. The van der Waals surface area contributed by atoms with E-state index in [2.05, 4.69) is 5.32 Å². The van der Waals surface area contributed by atoms with Crippen LogP contribution in [-0.4, -0.2) is 17.8 Å². The largest absolute Gasteiger partial charge is 0.335 e. The maximum Gasteiger partial charge on any atom is 0.266 e. The zero-order valence-electron chi connectivity index (χ0n) is 14.9. The molecule has 0 fully saturated rings. The summed E-state index contributed by atoms with van der Waals surface area (Å²) in [5.74, 6) is 0. The quantitative estimate of drug-likeness (QED) is 0.629. The number of thiocarbonyl (C=S) groups is 1. The monoisotopic (exact) mass is 452 g/mol. The number of halogens is 2. The van der Waals surface area contributed by atoms with E-state index >= 15 is 0 Å². The Labute approximate surface area is 180 Å². The van der Waals surface area contributed by atoms with Gasteiger partial charge in [-0.15, -0.1) is 0 Å². The Bertz CT molecular complexity index is 1050. The molecule has 0 saturated heterocycles. The Balaban J connectivity index is 1.88. The molecule has 1 heterocycles. The standard InChI is InChI=1S/C20H18Cl2N2O2S2/c21-14-7-5-13(6-8-14)19-17-3-1-2-4-18(17)23-20(27)24(19)28(25,26)16-11-9-15(22)10-12-16/h5-12,19H,1-4H2,(H,23,27)/t19-/m1/s1. The van der Waals surface area contributed by atoms with Crippen molar-refractivity contribution in [1.29, 1.82) is 0 Å². The topological polar surface area (TPSA) is 49.4 Å². The first kappa shape index (κ1) is 19.7. The fraction of sp³-hybridized carbons (Fsp3) is 0.250. The molecule has 0 bridgehead atoms. The van der Waals surface area contributed by atoms with E-state index in [1.54, 1.807) is 24.3 Å². The van der Waals surface area contributed by atoms with Gasteiger partial charge in [0.25, 0.3) is 10.0 Å². The van der Waals surface area contributed by atoms with Crippen molar-refractivity contribution >= 4 is 50.6 Å². The molecule has 0 saturated carbocycles. The average molecular weight is 453 g/mol. The summed E-state index contributed by atoms with van der Waals surface area (Å²) in [5, 5.41) is 4.44. The first-order chi connectivity index (χ1) is 13.4. The van der Waals surface area contributed by atoms with Crippen LogP contribution in [0.4, 0.5) is 0 Å². The molecule has 1 aliphatic heterocycles. The van der Waals surface area contributed by atoms with Crippen LogP contribution in [0.5, 0.6) is 0 Å². The van der Waals surface area contributed by atoms with Crippen LogP contribution in [0, 0.1) is 0 Å².